The van der Waals surface area contributed by atoms with Gasteiger partial charge in [-0.1, -0.05) is 20.3 Å². The molecule has 0 radical (unpaired) electrons. The van der Waals surface area contributed by atoms with Crippen molar-refractivity contribution in [1.82, 2.24) is 10.2 Å². The van der Waals surface area contributed by atoms with E-state index in [1.165, 1.54) is 0 Å². The number of ether oxygens (including phenoxy) is 1. The first-order chi connectivity index (χ1) is 7.24. The molecule has 88 valence electrons. The fraction of sp³-hybridized carbons (Fsp3) is 0.909. The zero-order valence-electron chi connectivity index (χ0n) is 9.95. The Labute approximate surface area is 92.0 Å². The van der Waals surface area contributed by atoms with Gasteiger partial charge in [-0.25, -0.2) is 0 Å². The van der Waals surface area contributed by atoms with Gasteiger partial charge in [0.15, 0.2) is 0 Å². The molecular weight excluding hydrogens is 192 g/mol. The van der Waals surface area contributed by atoms with Crippen LogP contribution < -0.4 is 5.32 Å². The summed E-state index contributed by atoms with van der Waals surface area (Å²) in [4.78, 5) is 13.9. The molecule has 0 aromatic carbocycles. The predicted octanol–water partition coefficient (Wildman–Crippen LogP) is 0.969. The zero-order chi connectivity index (χ0) is 11.3. The highest BCUT2D eigenvalue weighted by molar-refractivity contribution is 5.84. The molecule has 1 heterocycles. The van der Waals surface area contributed by atoms with E-state index in [0.717, 1.165) is 19.3 Å². The molecule has 0 aromatic rings. The van der Waals surface area contributed by atoms with Gasteiger partial charge in [0, 0.05) is 13.7 Å². The van der Waals surface area contributed by atoms with Gasteiger partial charge in [0.1, 0.15) is 0 Å². The SMILES string of the molecule is CCCC1NC(CC)N(CCOC)C1=O. The van der Waals surface area contributed by atoms with Crippen LogP contribution in [-0.4, -0.2) is 43.3 Å². The minimum atomic E-state index is 0.0248. The summed E-state index contributed by atoms with van der Waals surface area (Å²) >= 11 is 0. The molecule has 1 amide bonds. The Kier molecular flexibility index (Phi) is 5.05. The smallest absolute Gasteiger partial charge is 0.241 e. The van der Waals surface area contributed by atoms with Crippen molar-refractivity contribution < 1.29 is 9.53 Å². The molecule has 4 heteroatoms. The summed E-state index contributed by atoms with van der Waals surface area (Å²) in [6.45, 7) is 5.51. The summed E-state index contributed by atoms with van der Waals surface area (Å²) in [5.74, 6) is 0.237. The van der Waals surface area contributed by atoms with E-state index in [-0.39, 0.29) is 18.1 Å². The largest absolute Gasteiger partial charge is 0.383 e. The van der Waals surface area contributed by atoms with E-state index in [1.54, 1.807) is 7.11 Å². The summed E-state index contributed by atoms with van der Waals surface area (Å²) in [6, 6.07) is 0.0248. The summed E-state index contributed by atoms with van der Waals surface area (Å²) in [5, 5.41) is 3.37. The Morgan fingerprint density at radius 1 is 1.47 bits per heavy atom. The Balaban J connectivity index is 2.55. The molecule has 4 nitrogen and oxygen atoms in total. The minimum absolute atomic E-state index is 0.0248. The fourth-order valence-corrected chi connectivity index (χ4v) is 2.04. The quantitative estimate of drug-likeness (QED) is 0.716. The lowest BCUT2D eigenvalue weighted by Crippen LogP contribution is -2.38. The van der Waals surface area contributed by atoms with E-state index < -0.39 is 0 Å². The maximum Gasteiger partial charge on any atom is 0.241 e. The molecule has 1 N–H and O–H groups in total. The Bertz CT molecular complexity index is 209. The van der Waals surface area contributed by atoms with Gasteiger partial charge in [0.25, 0.3) is 0 Å². The van der Waals surface area contributed by atoms with Gasteiger partial charge in [-0.3, -0.25) is 10.1 Å². The van der Waals surface area contributed by atoms with Crippen molar-refractivity contribution in [3.05, 3.63) is 0 Å². The van der Waals surface area contributed by atoms with Crippen LogP contribution in [0, 0.1) is 0 Å². The fourth-order valence-electron chi connectivity index (χ4n) is 2.04. The number of hydrogen-bond donors (Lipinski definition) is 1. The van der Waals surface area contributed by atoms with Gasteiger partial charge in [0.05, 0.1) is 18.8 Å². The number of amides is 1. The number of carbonyl (C=O) groups is 1. The van der Waals surface area contributed by atoms with Crippen LogP contribution in [0.5, 0.6) is 0 Å². The molecule has 2 unspecified atom stereocenters. The molecule has 0 saturated carbocycles. The van der Waals surface area contributed by atoms with Crippen molar-refractivity contribution in [2.45, 2.75) is 45.3 Å². The second-order valence-electron chi connectivity index (χ2n) is 3.96. The van der Waals surface area contributed by atoms with Crippen LogP contribution >= 0.6 is 0 Å². The molecule has 0 spiro atoms. The first-order valence-electron chi connectivity index (χ1n) is 5.80. The molecule has 1 aliphatic rings. The van der Waals surface area contributed by atoms with Crippen molar-refractivity contribution in [1.29, 1.82) is 0 Å². The second-order valence-corrected chi connectivity index (χ2v) is 3.96. The first kappa shape index (κ1) is 12.5. The highest BCUT2D eigenvalue weighted by Gasteiger charge is 2.36. The van der Waals surface area contributed by atoms with Crippen LogP contribution in [0.4, 0.5) is 0 Å². The second kappa shape index (κ2) is 6.08. The van der Waals surface area contributed by atoms with Gasteiger partial charge >= 0.3 is 0 Å². The average molecular weight is 214 g/mol. The van der Waals surface area contributed by atoms with Crippen LogP contribution in [0.3, 0.4) is 0 Å². The normalized spacial score (nSPS) is 26.3. The van der Waals surface area contributed by atoms with E-state index in [0.29, 0.717) is 13.2 Å². The molecule has 15 heavy (non-hydrogen) atoms. The summed E-state index contributed by atoms with van der Waals surface area (Å²) in [6.07, 6.45) is 3.12. The summed E-state index contributed by atoms with van der Waals surface area (Å²) in [5.41, 5.74) is 0. The Morgan fingerprint density at radius 2 is 2.20 bits per heavy atom. The topological polar surface area (TPSA) is 41.6 Å². The molecule has 2 atom stereocenters. The molecule has 1 saturated heterocycles. The number of rotatable bonds is 6. The van der Waals surface area contributed by atoms with Crippen molar-refractivity contribution in [2.75, 3.05) is 20.3 Å². The van der Waals surface area contributed by atoms with E-state index in [1.807, 2.05) is 4.90 Å². The molecule has 1 rings (SSSR count). The van der Waals surface area contributed by atoms with Gasteiger partial charge in [-0.2, -0.15) is 0 Å². The maximum atomic E-state index is 12.0. The highest BCUT2D eigenvalue weighted by atomic mass is 16.5. The highest BCUT2D eigenvalue weighted by Crippen LogP contribution is 2.16. The molecule has 0 aliphatic carbocycles. The lowest BCUT2D eigenvalue weighted by molar-refractivity contribution is -0.130. The van der Waals surface area contributed by atoms with Crippen molar-refractivity contribution >= 4 is 5.91 Å². The number of nitrogens with one attached hydrogen (secondary N) is 1. The zero-order valence-corrected chi connectivity index (χ0v) is 9.95. The average Bonchev–Trinajstić information content (AvgIpc) is 2.54. The standard InChI is InChI=1S/C11H22N2O2/c1-4-6-9-11(14)13(7-8-15-3)10(5-2)12-9/h9-10,12H,4-8H2,1-3H3. The Morgan fingerprint density at radius 3 is 2.73 bits per heavy atom. The van der Waals surface area contributed by atoms with Crippen LogP contribution in [-0.2, 0) is 9.53 Å². The minimum Gasteiger partial charge on any atom is -0.383 e. The molecule has 0 aromatic heterocycles. The van der Waals surface area contributed by atoms with E-state index in [4.69, 9.17) is 4.74 Å². The number of methoxy groups -OCH3 is 1. The lowest BCUT2D eigenvalue weighted by atomic mass is 10.2. The van der Waals surface area contributed by atoms with Gasteiger partial charge < -0.3 is 9.64 Å². The van der Waals surface area contributed by atoms with Gasteiger partial charge in [0.2, 0.25) is 5.91 Å². The van der Waals surface area contributed by atoms with Crippen LogP contribution in [0.25, 0.3) is 0 Å². The molecular formula is C11H22N2O2. The third-order valence-corrected chi connectivity index (χ3v) is 2.85. The van der Waals surface area contributed by atoms with Crippen molar-refractivity contribution in [2.24, 2.45) is 0 Å². The van der Waals surface area contributed by atoms with Gasteiger partial charge in [-0.05, 0) is 12.8 Å². The Hall–Kier alpha value is -0.610. The van der Waals surface area contributed by atoms with Crippen LogP contribution in [0.2, 0.25) is 0 Å². The van der Waals surface area contributed by atoms with E-state index in [9.17, 15) is 4.79 Å². The predicted molar refractivity (Wildman–Crippen MR) is 59.5 cm³/mol. The molecule has 1 aliphatic heterocycles. The number of nitrogens with zero attached hydrogens (tertiary/aromatic N) is 1. The van der Waals surface area contributed by atoms with E-state index >= 15 is 0 Å². The van der Waals surface area contributed by atoms with Gasteiger partial charge in [-0.15, -0.1) is 0 Å². The third kappa shape index (κ3) is 2.92. The number of carbonyl (C=O) groups excluding carboxylic acids is 1. The summed E-state index contributed by atoms with van der Waals surface area (Å²) < 4.78 is 5.02. The third-order valence-electron chi connectivity index (χ3n) is 2.85. The lowest BCUT2D eigenvalue weighted by Gasteiger charge is -2.22. The molecule has 1 fully saturated rings. The van der Waals surface area contributed by atoms with Crippen LogP contribution in [0.15, 0.2) is 0 Å². The number of hydrogen-bond acceptors (Lipinski definition) is 3. The monoisotopic (exact) mass is 214 g/mol. The van der Waals surface area contributed by atoms with E-state index in [2.05, 4.69) is 19.2 Å². The molecule has 0 bridgehead atoms. The van der Waals surface area contributed by atoms with Crippen molar-refractivity contribution in [3.8, 4) is 0 Å². The maximum absolute atomic E-state index is 12.0. The first-order valence-corrected chi connectivity index (χ1v) is 5.80. The van der Waals surface area contributed by atoms with Crippen LogP contribution in [0.1, 0.15) is 33.1 Å². The van der Waals surface area contributed by atoms with Crippen molar-refractivity contribution in [3.63, 3.8) is 0 Å². The summed E-state index contributed by atoms with van der Waals surface area (Å²) in [7, 11) is 1.67.